The largest absolute Gasteiger partial charge is 0.503 e. The third kappa shape index (κ3) is 4.84. The monoisotopic (exact) mass is 346 g/mol. The topological polar surface area (TPSA) is 103 Å². The summed E-state index contributed by atoms with van der Waals surface area (Å²) in [6, 6.07) is 9.90. The van der Waals surface area contributed by atoms with Crippen LogP contribution in [0, 0.1) is 0 Å². The highest BCUT2D eigenvalue weighted by atomic mass is 16.5. The Morgan fingerprint density at radius 3 is 2.60 bits per heavy atom. The highest BCUT2D eigenvalue weighted by Gasteiger charge is 2.22. The zero-order valence-corrected chi connectivity index (χ0v) is 14.1. The molecule has 2 aromatic rings. The first-order chi connectivity index (χ1) is 12.0. The van der Waals surface area contributed by atoms with Gasteiger partial charge in [-0.15, -0.1) is 0 Å². The van der Waals surface area contributed by atoms with Gasteiger partial charge in [0, 0.05) is 26.4 Å². The van der Waals surface area contributed by atoms with Gasteiger partial charge in [-0.3, -0.25) is 9.59 Å². The van der Waals surface area contributed by atoms with Crippen LogP contribution >= 0.6 is 0 Å². The molecule has 0 atom stereocenters. The third-order valence-electron chi connectivity index (χ3n) is 3.84. The van der Waals surface area contributed by atoms with Gasteiger partial charge in [0.15, 0.2) is 17.2 Å². The van der Waals surface area contributed by atoms with Gasteiger partial charge in [-0.25, -0.2) is 0 Å². The number of ether oxygens (including phenoxy) is 1. The molecular formula is C18H22N2O5. The fraction of sp³-hybridized carbons (Fsp3) is 0.333. The van der Waals surface area contributed by atoms with E-state index in [-0.39, 0.29) is 5.69 Å². The Labute approximate surface area is 145 Å². The number of carbonyl (C=O) groups is 1. The lowest BCUT2D eigenvalue weighted by Crippen LogP contribution is -2.36. The molecule has 0 fully saturated rings. The SMILES string of the molecule is COCCN(CCCc1ccccc1)C(=O)c1[nH]cc(O)c(=O)c1O. The lowest BCUT2D eigenvalue weighted by atomic mass is 10.1. The number of aromatic amines is 1. The summed E-state index contributed by atoms with van der Waals surface area (Å²) in [5, 5.41) is 19.1. The Morgan fingerprint density at radius 1 is 1.20 bits per heavy atom. The maximum atomic E-state index is 12.6. The minimum absolute atomic E-state index is 0.237. The van der Waals surface area contributed by atoms with Crippen molar-refractivity contribution in [3.8, 4) is 11.5 Å². The van der Waals surface area contributed by atoms with Crippen molar-refractivity contribution in [1.82, 2.24) is 9.88 Å². The van der Waals surface area contributed by atoms with Crippen molar-refractivity contribution in [2.75, 3.05) is 26.8 Å². The summed E-state index contributed by atoms with van der Waals surface area (Å²) in [7, 11) is 1.53. The van der Waals surface area contributed by atoms with Crippen molar-refractivity contribution < 1.29 is 19.7 Å². The first kappa shape index (κ1) is 18.5. The highest BCUT2D eigenvalue weighted by molar-refractivity contribution is 5.94. The molecule has 0 aliphatic carbocycles. The Kier molecular flexibility index (Phi) is 6.59. The number of H-pyrrole nitrogens is 1. The van der Waals surface area contributed by atoms with Gasteiger partial charge in [-0.1, -0.05) is 30.3 Å². The van der Waals surface area contributed by atoms with Gasteiger partial charge in [0.2, 0.25) is 0 Å². The standard InChI is InChI=1S/C18H22N2O5/c1-25-11-10-20(9-5-8-13-6-3-2-4-7-13)18(24)15-17(23)16(22)14(21)12-19-15/h2-4,6-7,12,21,23H,5,8-11H2,1H3,(H,19,22). The summed E-state index contributed by atoms with van der Waals surface area (Å²) in [5.74, 6) is -1.93. The number of hydrogen-bond donors (Lipinski definition) is 3. The summed E-state index contributed by atoms with van der Waals surface area (Å²) in [5.41, 5.74) is -0.0424. The molecule has 1 aromatic carbocycles. The molecule has 0 aliphatic rings. The Balaban J connectivity index is 2.09. The van der Waals surface area contributed by atoms with Crippen LogP contribution < -0.4 is 5.43 Å². The maximum Gasteiger partial charge on any atom is 0.274 e. The van der Waals surface area contributed by atoms with E-state index in [0.717, 1.165) is 19.0 Å². The Morgan fingerprint density at radius 2 is 1.92 bits per heavy atom. The summed E-state index contributed by atoms with van der Waals surface area (Å²) < 4.78 is 5.03. The molecule has 3 N–H and O–H groups in total. The summed E-state index contributed by atoms with van der Waals surface area (Å²) in [6.45, 7) is 1.10. The number of nitrogens with one attached hydrogen (secondary N) is 1. The number of pyridine rings is 1. The fourth-order valence-electron chi connectivity index (χ4n) is 2.47. The van der Waals surface area contributed by atoms with Crippen LogP contribution in [-0.4, -0.2) is 52.8 Å². The number of hydrogen-bond acceptors (Lipinski definition) is 5. The predicted octanol–water partition coefficient (Wildman–Crippen LogP) is 1.51. The maximum absolute atomic E-state index is 12.6. The average Bonchev–Trinajstić information content (AvgIpc) is 2.63. The number of amides is 1. The number of nitrogens with zero attached hydrogens (tertiary/aromatic N) is 1. The molecule has 1 aromatic heterocycles. The molecule has 0 bridgehead atoms. The van der Waals surface area contributed by atoms with E-state index in [2.05, 4.69) is 4.98 Å². The highest BCUT2D eigenvalue weighted by Crippen LogP contribution is 2.15. The fourth-order valence-corrected chi connectivity index (χ4v) is 2.47. The molecule has 0 unspecified atom stereocenters. The van der Waals surface area contributed by atoms with Gasteiger partial charge < -0.3 is 24.8 Å². The first-order valence-corrected chi connectivity index (χ1v) is 8.00. The number of methoxy groups -OCH3 is 1. The van der Waals surface area contributed by atoms with E-state index in [1.807, 2.05) is 30.3 Å². The Bertz CT molecular complexity index is 758. The number of carbonyl (C=O) groups excluding carboxylic acids is 1. The van der Waals surface area contributed by atoms with E-state index in [1.54, 1.807) is 0 Å². The van der Waals surface area contributed by atoms with E-state index in [0.29, 0.717) is 19.7 Å². The molecular weight excluding hydrogens is 324 g/mol. The molecule has 1 heterocycles. The van der Waals surface area contributed by atoms with Crippen LogP contribution in [0.15, 0.2) is 41.3 Å². The van der Waals surface area contributed by atoms with Crippen LogP contribution in [0.25, 0.3) is 0 Å². The van der Waals surface area contributed by atoms with E-state index in [1.165, 1.54) is 17.6 Å². The molecule has 7 heteroatoms. The normalized spacial score (nSPS) is 10.6. The van der Waals surface area contributed by atoms with E-state index in [4.69, 9.17) is 4.74 Å². The molecule has 134 valence electrons. The number of aromatic nitrogens is 1. The van der Waals surface area contributed by atoms with Crippen molar-refractivity contribution in [2.24, 2.45) is 0 Å². The van der Waals surface area contributed by atoms with Crippen LogP contribution in [0.2, 0.25) is 0 Å². The zero-order valence-electron chi connectivity index (χ0n) is 14.1. The van der Waals surface area contributed by atoms with Crippen LogP contribution in [0.3, 0.4) is 0 Å². The molecule has 0 spiro atoms. The van der Waals surface area contributed by atoms with Crippen LogP contribution in [-0.2, 0) is 11.2 Å². The minimum atomic E-state index is -0.974. The molecule has 0 aliphatic heterocycles. The molecule has 7 nitrogen and oxygen atoms in total. The van der Waals surface area contributed by atoms with Crippen LogP contribution in [0.4, 0.5) is 0 Å². The smallest absolute Gasteiger partial charge is 0.274 e. The van der Waals surface area contributed by atoms with Crippen molar-refractivity contribution in [1.29, 1.82) is 0 Å². The van der Waals surface area contributed by atoms with Crippen LogP contribution in [0.5, 0.6) is 11.5 Å². The summed E-state index contributed by atoms with van der Waals surface area (Å²) >= 11 is 0. The number of aromatic hydroxyl groups is 2. The van der Waals surface area contributed by atoms with Gasteiger partial charge in [0.1, 0.15) is 0 Å². The molecule has 1 amide bonds. The lowest BCUT2D eigenvalue weighted by Gasteiger charge is -2.22. The molecule has 2 rings (SSSR count). The van der Waals surface area contributed by atoms with E-state index >= 15 is 0 Å². The van der Waals surface area contributed by atoms with Gasteiger partial charge in [-0.05, 0) is 18.4 Å². The summed E-state index contributed by atoms with van der Waals surface area (Å²) in [4.78, 5) is 28.2. The third-order valence-corrected chi connectivity index (χ3v) is 3.84. The number of rotatable bonds is 8. The average molecular weight is 346 g/mol. The molecule has 25 heavy (non-hydrogen) atoms. The minimum Gasteiger partial charge on any atom is -0.503 e. The molecule has 0 saturated heterocycles. The number of aryl methyl sites for hydroxylation is 1. The molecule has 0 saturated carbocycles. The van der Waals surface area contributed by atoms with Crippen molar-refractivity contribution >= 4 is 5.91 Å². The number of benzene rings is 1. The van der Waals surface area contributed by atoms with Crippen LogP contribution in [0.1, 0.15) is 22.5 Å². The second-order valence-electron chi connectivity index (χ2n) is 5.60. The Hall–Kier alpha value is -2.80. The van der Waals surface area contributed by atoms with E-state index < -0.39 is 22.8 Å². The molecule has 0 radical (unpaired) electrons. The first-order valence-electron chi connectivity index (χ1n) is 8.00. The van der Waals surface area contributed by atoms with Gasteiger partial charge >= 0.3 is 0 Å². The van der Waals surface area contributed by atoms with Gasteiger partial charge in [0.05, 0.1) is 6.61 Å². The second kappa shape index (κ2) is 8.89. The quantitative estimate of drug-likeness (QED) is 0.672. The zero-order chi connectivity index (χ0) is 18.2. The second-order valence-corrected chi connectivity index (χ2v) is 5.60. The van der Waals surface area contributed by atoms with E-state index in [9.17, 15) is 19.8 Å². The van der Waals surface area contributed by atoms with Crippen molar-refractivity contribution in [3.63, 3.8) is 0 Å². The predicted molar refractivity (Wildman–Crippen MR) is 92.9 cm³/mol. The summed E-state index contributed by atoms with van der Waals surface area (Å²) in [6.07, 6.45) is 2.52. The van der Waals surface area contributed by atoms with Gasteiger partial charge in [0.25, 0.3) is 11.3 Å². The van der Waals surface area contributed by atoms with Crippen molar-refractivity contribution in [3.05, 3.63) is 58.0 Å². The van der Waals surface area contributed by atoms with Gasteiger partial charge in [-0.2, -0.15) is 0 Å². The lowest BCUT2D eigenvalue weighted by molar-refractivity contribution is 0.0684. The van der Waals surface area contributed by atoms with Crippen molar-refractivity contribution in [2.45, 2.75) is 12.8 Å².